The van der Waals surface area contributed by atoms with E-state index in [9.17, 15) is 13.0 Å². The lowest BCUT2D eigenvalue weighted by molar-refractivity contribution is 0.412. The highest BCUT2D eigenvalue weighted by Crippen LogP contribution is 2.33. The van der Waals surface area contributed by atoms with E-state index in [1.807, 2.05) is 0 Å². The number of rotatable bonds is 6. The smallest absolute Gasteiger partial charge is 0.149 e. The third-order valence-corrected chi connectivity index (χ3v) is 4.72. The van der Waals surface area contributed by atoms with Crippen molar-refractivity contribution in [3.8, 4) is 16.9 Å². The van der Waals surface area contributed by atoms with Crippen LogP contribution in [-0.4, -0.2) is 27.5 Å². The van der Waals surface area contributed by atoms with Gasteiger partial charge in [-0.2, -0.15) is 0 Å². The summed E-state index contributed by atoms with van der Waals surface area (Å²) >= 11 is 0. The predicted octanol–water partition coefficient (Wildman–Crippen LogP) is 4.35. The van der Waals surface area contributed by atoms with Gasteiger partial charge < -0.3 is 10.1 Å². The fraction of sp³-hybridized carbons (Fsp3) is 0.158. The Hall–Kier alpha value is -3.07. The Bertz CT molecular complexity index is 1120. The largest absolute Gasteiger partial charge is 0.496 e. The van der Waals surface area contributed by atoms with Crippen LogP contribution in [0.4, 0.5) is 20.4 Å². The van der Waals surface area contributed by atoms with Crippen molar-refractivity contribution in [2.75, 3.05) is 18.7 Å². The van der Waals surface area contributed by atoms with Crippen LogP contribution in [0.5, 0.6) is 5.75 Å². The van der Waals surface area contributed by atoms with E-state index < -0.39 is 21.4 Å². The maximum atomic E-state index is 14.4. The van der Waals surface area contributed by atoms with Crippen molar-refractivity contribution in [2.24, 2.45) is 0 Å². The van der Waals surface area contributed by atoms with Gasteiger partial charge in [0.05, 0.1) is 19.1 Å². The third-order valence-electron chi connectivity index (χ3n) is 3.83. The SMILES string of the molecule is COc1cc(F)ccc1-c1cc(Nc2cc(CS(C)(=N)=O)ccn2)ncc1F. The van der Waals surface area contributed by atoms with E-state index in [1.165, 1.54) is 43.8 Å². The van der Waals surface area contributed by atoms with Crippen LogP contribution in [0.15, 0.2) is 48.8 Å². The number of ether oxygens (including phenoxy) is 1. The lowest BCUT2D eigenvalue weighted by atomic mass is 10.0. The minimum atomic E-state index is -2.69. The highest BCUT2D eigenvalue weighted by Gasteiger charge is 2.14. The van der Waals surface area contributed by atoms with E-state index in [-0.39, 0.29) is 17.1 Å². The minimum Gasteiger partial charge on any atom is -0.496 e. The van der Waals surface area contributed by atoms with Crippen LogP contribution < -0.4 is 10.1 Å². The molecule has 6 nitrogen and oxygen atoms in total. The molecule has 0 radical (unpaired) electrons. The first-order chi connectivity index (χ1) is 13.2. The highest BCUT2D eigenvalue weighted by molar-refractivity contribution is 7.90. The highest BCUT2D eigenvalue weighted by atomic mass is 32.2. The average Bonchev–Trinajstić information content (AvgIpc) is 2.62. The van der Waals surface area contributed by atoms with Crippen LogP contribution in [0.1, 0.15) is 5.56 Å². The minimum absolute atomic E-state index is 0.0963. The molecule has 28 heavy (non-hydrogen) atoms. The zero-order valence-electron chi connectivity index (χ0n) is 15.2. The van der Waals surface area contributed by atoms with Gasteiger partial charge in [-0.25, -0.2) is 23.0 Å². The molecule has 2 heterocycles. The van der Waals surface area contributed by atoms with Gasteiger partial charge in [-0.05, 0) is 35.9 Å². The van der Waals surface area contributed by atoms with Gasteiger partial charge in [0.15, 0.2) is 0 Å². The number of hydrogen-bond acceptors (Lipinski definition) is 6. The number of pyridine rings is 2. The van der Waals surface area contributed by atoms with E-state index in [0.717, 1.165) is 6.20 Å². The molecule has 3 rings (SSSR count). The van der Waals surface area contributed by atoms with Crippen LogP contribution in [0.2, 0.25) is 0 Å². The molecule has 0 saturated heterocycles. The summed E-state index contributed by atoms with van der Waals surface area (Å²) in [6, 6.07) is 8.63. The van der Waals surface area contributed by atoms with Crippen LogP contribution in [-0.2, 0) is 15.5 Å². The molecule has 0 bridgehead atoms. The van der Waals surface area contributed by atoms with Gasteiger partial charge >= 0.3 is 0 Å². The van der Waals surface area contributed by atoms with E-state index in [1.54, 1.807) is 12.1 Å². The summed E-state index contributed by atoms with van der Waals surface area (Å²) < 4.78 is 52.2. The Morgan fingerprint density at radius 2 is 1.86 bits per heavy atom. The molecule has 1 unspecified atom stereocenters. The van der Waals surface area contributed by atoms with Gasteiger partial charge in [0.25, 0.3) is 0 Å². The van der Waals surface area contributed by atoms with Gasteiger partial charge in [-0.15, -0.1) is 0 Å². The van der Waals surface area contributed by atoms with Crippen molar-refractivity contribution in [1.29, 1.82) is 4.78 Å². The fourth-order valence-electron chi connectivity index (χ4n) is 2.68. The van der Waals surface area contributed by atoms with Gasteiger partial charge in [-0.3, -0.25) is 4.78 Å². The summed E-state index contributed by atoms with van der Waals surface area (Å²) in [5.41, 5.74) is 1.25. The van der Waals surface area contributed by atoms with Crippen LogP contribution >= 0.6 is 0 Å². The molecule has 146 valence electrons. The Labute approximate surface area is 161 Å². The third kappa shape index (κ3) is 4.80. The summed E-state index contributed by atoms with van der Waals surface area (Å²) in [5.74, 6) is -0.0513. The number of aromatic nitrogens is 2. The zero-order chi connectivity index (χ0) is 20.3. The first kappa shape index (κ1) is 19.7. The summed E-state index contributed by atoms with van der Waals surface area (Å²) in [7, 11) is -1.31. The number of methoxy groups -OCH3 is 1. The second-order valence-electron chi connectivity index (χ2n) is 6.22. The molecule has 2 aromatic heterocycles. The Kier molecular flexibility index (Phi) is 5.55. The lowest BCUT2D eigenvalue weighted by Gasteiger charge is -2.12. The summed E-state index contributed by atoms with van der Waals surface area (Å²) in [4.78, 5) is 8.16. The maximum Gasteiger partial charge on any atom is 0.149 e. The average molecular weight is 404 g/mol. The van der Waals surface area contributed by atoms with Gasteiger partial charge in [0, 0.05) is 39.4 Å². The number of benzene rings is 1. The molecule has 0 fully saturated rings. The summed E-state index contributed by atoms with van der Waals surface area (Å²) in [6.07, 6.45) is 3.94. The van der Waals surface area contributed by atoms with Gasteiger partial charge in [0.2, 0.25) is 0 Å². The molecule has 0 spiro atoms. The molecule has 1 atom stereocenters. The number of anilines is 2. The summed E-state index contributed by atoms with van der Waals surface area (Å²) in [5, 5.41) is 2.96. The maximum absolute atomic E-state index is 14.4. The molecular formula is C19H18F2N4O2S. The van der Waals surface area contributed by atoms with Crippen molar-refractivity contribution in [3.63, 3.8) is 0 Å². The van der Waals surface area contributed by atoms with E-state index >= 15 is 0 Å². The monoisotopic (exact) mass is 404 g/mol. The van der Waals surface area contributed by atoms with Crippen molar-refractivity contribution in [2.45, 2.75) is 5.75 Å². The summed E-state index contributed by atoms with van der Waals surface area (Å²) in [6.45, 7) is 0. The van der Waals surface area contributed by atoms with Crippen LogP contribution in [0, 0.1) is 16.4 Å². The fourth-order valence-corrected chi connectivity index (χ4v) is 3.50. The van der Waals surface area contributed by atoms with Crippen LogP contribution in [0.25, 0.3) is 11.1 Å². The number of hydrogen-bond donors (Lipinski definition) is 2. The predicted molar refractivity (Wildman–Crippen MR) is 104 cm³/mol. The molecule has 0 aliphatic carbocycles. The normalized spacial score (nSPS) is 13.0. The quantitative estimate of drug-likeness (QED) is 0.638. The van der Waals surface area contributed by atoms with E-state index in [0.29, 0.717) is 22.8 Å². The first-order valence-electron chi connectivity index (χ1n) is 8.18. The number of nitrogens with zero attached hydrogens (tertiary/aromatic N) is 2. The van der Waals surface area contributed by atoms with Crippen molar-refractivity contribution in [1.82, 2.24) is 9.97 Å². The molecule has 0 aliphatic rings. The van der Waals surface area contributed by atoms with Crippen molar-refractivity contribution in [3.05, 3.63) is 66.0 Å². The zero-order valence-corrected chi connectivity index (χ0v) is 16.0. The molecule has 0 aliphatic heterocycles. The molecular weight excluding hydrogens is 386 g/mol. The van der Waals surface area contributed by atoms with E-state index in [4.69, 9.17) is 9.52 Å². The number of halogens is 2. The van der Waals surface area contributed by atoms with Gasteiger partial charge in [0.1, 0.15) is 29.0 Å². The molecule has 2 N–H and O–H groups in total. The second kappa shape index (κ2) is 7.89. The Morgan fingerprint density at radius 3 is 2.57 bits per heavy atom. The first-order valence-corrected chi connectivity index (χ1v) is 10.3. The van der Waals surface area contributed by atoms with Crippen molar-refractivity contribution < 1.29 is 17.7 Å². The molecule has 3 aromatic rings. The van der Waals surface area contributed by atoms with Gasteiger partial charge in [-0.1, -0.05) is 0 Å². The van der Waals surface area contributed by atoms with Crippen LogP contribution in [0.3, 0.4) is 0 Å². The second-order valence-corrected chi connectivity index (χ2v) is 8.52. The topological polar surface area (TPSA) is 88.0 Å². The molecule has 1 aromatic carbocycles. The molecule has 0 saturated carbocycles. The lowest BCUT2D eigenvalue weighted by Crippen LogP contribution is -2.02. The Morgan fingerprint density at radius 1 is 1.11 bits per heavy atom. The number of nitrogens with one attached hydrogen (secondary N) is 2. The van der Waals surface area contributed by atoms with E-state index in [2.05, 4.69) is 15.3 Å². The molecule has 0 amide bonds. The molecule has 9 heteroatoms. The van der Waals surface area contributed by atoms with Crippen molar-refractivity contribution >= 4 is 21.4 Å². The Balaban J connectivity index is 1.94. The standard InChI is InChI=1S/C19H18F2N4O2S/c1-27-17-8-13(20)3-4-14(17)15-9-19(24-10-16(15)21)25-18-7-12(5-6-23-18)11-28(2,22)26/h3-10,22H,11H2,1-2H3,(H,23,24,25).